The van der Waals surface area contributed by atoms with Crippen LogP contribution in [-0.2, 0) is 10.0 Å². The third-order valence-electron chi connectivity index (χ3n) is 4.89. The standard InChI is InChI=1S/C24H25ClN2O4S/c1-16-5-4-6-21(13-16)31-12-11-26-24(28)19-8-10-22(25)23(15-19)32(29,30)27-20-9-7-17(2)18(3)14-20/h4-10,13-15,27H,11-12H2,1-3H3,(H,26,28). The van der Waals surface area contributed by atoms with Gasteiger partial charge in [0.15, 0.2) is 0 Å². The third-order valence-corrected chi connectivity index (χ3v) is 6.75. The van der Waals surface area contributed by atoms with Crippen molar-refractivity contribution < 1.29 is 17.9 Å². The van der Waals surface area contributed by atoms with Crippen molar-refractivity contribution in [2.75, 3.05) is 17.9 Å². The van der Waals surface area contributed by atoms with E-state index in [1.807, 2.05) is 51.1 Å². The average Bonchev–Trinajstić information content (AvgIpc) is 2.74. The molecule has 0 aliphatic rings. The minimum absolute atomic E-state index is 0.0284. The van der Waals surface area contributed by atoms with Gasteiger partial charge in [0.05, 0.1) is 11.6 Å². The zero-order valence-electron chi connectivity index (χ0n) is 18.1. The van der Waals surface area contributed by atoms with Crippen molar-refractivity contribution in [3.05, 3.63) is 87.9 Å². The molecule has 3 rings (SSSR count). The van der Waals surface area contributed by atoms with Gasteiger partial charge in [-0.05, 0) is 79.9 Å². The van der Waals surface area contributed by atoms with Gasteiger partial charge in [-0.2, -0.15) is 0 Å². The Labute approximate surface area is 193 Å². The number of carbonyl (C=O) groups excluding carboxylic acids is 1. The number of sulfonamides is 1. The molecule has 8 heteroatoms. The fraction of sp³-hybridized carbons (Fsp3) is 0.208. The fourth-order valence-corrected chi connectivity index (χ4v) is 4.58. The quantitative estimate of drug-likeness (QED) is 0.458. The van der Waals surface area contributed by atoms with Crippen molar-refractivity contribution in [2.45, 2.75) is 25.7 Å². The lowest BCUT2D eigenvalue weighted by Gasteiger charge is -2.13. The molecule has 32 heavy (non-hydrogen) atoms. The van der Waals surface area contributed by atoms with Gasteiger partial charge in [-0.25, -0.2) is 8.42 Å². The number of benzene rings is 3. The van der Waals surface area contributed by atoms with Gasteiger partial charge < -0.3 is 10.1 Å². The van der Waals surface area contributed by atoms with Crippen molar-refractivity contribution in [3.63, 3.8) is 0 Å². The van der Waals surface area contributed by atoms with E-state index in [2.05, 4.69) is 10.0 Å². The lowest BCUT2D eigenvalue weighted by Crippen LogP contribution is -2.28. The van der Waals surface area contributed by atoms with Crippen molar-refractivity contribution in [2.24, 2.45) is 0 Å². The second kappa shape index (κ2) is 10.1. The minimum Gasteiger partial charge on any atom is -0.492 e. The summed E-state index contributed by atoms with van der Waals surface area (Å²) < 4.78 is 33.9. The van der Waals surface area contributed by atoms with Gasteiger partial charge in [0, 0.05) is 11.3 Å². The van der Waals surface area contributed by atoms with Gasteiger partial charge in [0.25, 0.3) is 15.9 Å². The molecule has 0 aromatic heterocycles. The molecule has 0 aliphatic carbocycles. The van der Waals surface area contributed by atoms with Crippen molar-refractivity contribution in [3.8, 4) is 5.75 Å². The van der Waals surface area contributed by atoms with E-state index in [4.69, 9.17) is 16.3 Å². The van der Waals surface area contributed by atoms with Gasteiger partial charge in [0.2, 0.25) is 0 Å². The highest BCUT2D eigenvalue weighted by atomic mass is 35.5. The van der Waals surface area contributed by atoms with Crippen LogP contribution in [0.25, 0.3) is 0 Å². The summed E-state index contributed by atoms with van der Waals surface area (Å²) in [6, 6.07) is 17.0. The van der Waals surface area contributed by atoms with Crippen molar-refractivity contribution >= 4 is 33.2 Å². The van der Waals surface area contributed by atoms with E-state index in [0.717, 1.165) is 22.4 Å². The van der Waals surface area contributed by atoms with Crippen molar-refractivity contribution in [1.82, 2.24) is 5.32 Å². The Morgan fingerprint density at radius 3 is 2.47 bits per heavy atom. The van der Waals surface area contributed by atoms with Crippen LogP contribution >= 0.6 is 11.6 Å². The smallest absolute Gasteiger partial charge is 0.263 e. The topological polar surface area (TPSA) is 84.5 Å². The summed E-state index contributed by atoms with van der Waals surface area (Å²) in [7, 11) is -3.98. The highest BCUT2D eigenvalue weighted by Crippen LogP contribution is 2.26. The van der Waals surface area contributed by atoms with E-state index in [0.29, 0.717) is 5.69 Å². The van der Waals surface area contributed by atoms with Crippen LogP contribution in [0.4, 0.5) is 5.69 Å². The van der Waals surface area contributed by atoms with Crippen LogP contribution < -0.4 is 14.8 Å². The van der Waals surface area contributed by atoms with Crippen LogP contribution in [0.15, 0.2) is 65.6 Å². The maximum absolute atomic E-state index is 12.9. The SMILES string of the molecule is Cc1cccc(OCCNC(=O)c2ccc(Cl)c(S(=O)(=O)Nc3ccc(C)c(C)c3)c2)c1. The van der Waals surface area contributed by atoms with Gasteiger partial charge in [-0.15, -0.1) is 0 Å². The maximum atomic E-state index is 12.9. The van der Waals surface area contributed by atoms with Gasteiger partial charge in [-0.1, -0.05) is 29.8 Å². The average molecular weight is 473 g/mol. The number of halogens is 1. The Morgan fingerprint density at radius 1 is 0.969 bits per heavy atom. The Hall–Kier alpha value is -3.03. The van der Waals surface area contributed by atoms with E-state index >= 15 is 0 Å². The molecule has 0 radical (unpaired) electrons. The predicted molar refractivity (Wildman–Crippen MR) is 127 cm³/mol. The number of anilines is 1. The summed E-state index contributed by atoms with van der Waals surface area (Å²) >= 11 is 6.14. The van der Waals surface area contributed by atoms with Gasteiger partial charge >= 0.3 is 0 Å². The first-order chi connectivity index (χ1) is 15.2. The second-order valence-corrected chi connectivity index (χ2v) is 9.53. The summed E-state index contributed by atoms with van der Waals surface area (Å²) in [5.41, 5.74) is 3.70. The van der Waals surface area contributed by atoms with Gasteiger partial charge in [0.1, 0.15) is 17.3 Å². The largest absolute Gasteiger partial charge is 0.492 e. The molecular weight excluding hydrogens is 448 g/mol. The highest BCUT2D eigenvalue weighted by Gasteiger charge is 2.20. The predicted octanol–water partition coefficient (Wildman–Crippen LogP) is 4.87. The molecular formula is C24H25ClN2O4S. The van der Waals surface area contributed by atoms with Crippen LogP contribution in [0.3, 0.4) is 0 Å². The molecule has 6 nitrogen and oxygen atoms in total. The molecule has 0 saturated carbocycles. The molecule has 0 unspecified atom stereocenters. The summed E-state index contributed by atoms with van der Waals surface area (Å²) in [6.07, 6.45) is 0. The first-order valence-corrected chi connectivity index (χ1v) is 11.9. The minimum atomic E-state index is -3.98. The van der Waals surface area contributed by atoms with Crippen LogP contribution in [0.1, 0.15) is 27.0 Å². The molecule has 2 N–H and O–H groups in total. The van der Waals surface area contributed by atoms with E-state index in [1.165, 1.54) is 18.2 Å². The number of nitrogens with one attached hydrogen (secondary N) is 2. The Bertz CT molecular complexity index is 1240. The van der Waals surface area contributed by atoms with E-state index < -0.39 is 15.9 Å². The van der Waals surface area contributed by atoms with Crippen LogP contribution in [0.5, 0.6) is 5.75 Å². The molecule has 0 heterocycles. The summed E-state index contributed by atoms with van der Waals surface area (Å²) in [4.78, 5) is 12.4. The molecule has 168 valence electrons. The highest BCUT2D eigenvalue weighted by molar-refractivity contribution is 7.92. The Kier molecular flexibility index (Phi) is 7.43. The summed E-state index contributed by atoms with van der Waals surface area (Å²) in [5.74, 6) is 0.300. The lowest BCUT2D eigenvalue weighted by atomic mass is 10.1. The number of rotatable bonds is 8. The Morgan fingerprint density at radius 2 is 1.75 bits per heavy atom. The zero-order chi connectivity index (χ0) is 23.3. The molecule has 0 aliphatic heterocycles. The van der Waals surface area contributed by atoms with Crippen LogP contribution in [0, 0.1) is 20.8 Å². The summed E-state index contributed by atoms with van der Waals surface area (Å²) in [6.45, 7) is 6.35. The number of hydrogen-bond donors (Lipinski definition) is 2. The molecule has 0 spiro atoms. The number of hydrogen-bond acceptors (Lipinski definition) is 4. The maximum Gasteiger partial charge on any atom is 0.263 e. The number of amides is 1. The molecule has 1 amide bonds. The second-order valence-electron chi connectivity index (χ2n) is 7.47. The van der Waals surface area contributed by atoms with Crippen LogP contribution in [-0.4, -0.2) is 27.5 Å². The fourth-order valence-electron chi connectivity index (χ4n) is 3.01. The number of carbonyl (C=O) groups is 1. The molecule has 0 atom stereocenters. The lowest BCUT2D eigenvalue weighted by molar-refractivity contribution is 0.0946. The first kappa shape index (κ1) is 23.6. The zero-order valence-corrected chi connectivity index (χ0v) is 19.7. The monoisotopic (exact) mass is 472 g/mol. The van der Waals surface area contributed by atoms with Crippen LogP contribution in [0.2, 0.25) is 5.02 Å². The van der Waals surface area contributed by atoms with E-state index in [9.17, 15) is 13.2 Å². The van der Waals surface area contributed by atoms with E-state index in [1.54, 1.807) is 12.1 Å². The van der Waals surface area contributed by atoms with E-state index in [-0.39, 0.29) is 28.6 Å². The molecule has 0 bridgehead atoms. The third kappa shape index (κ3) is 6.02. The van der Waals surface area contributed by atoms with Crippen molar-refractivity contribution in [1.29, 1.82) is 0 Å². The molecule has 3 aromatic rings. The number of aryl methyl sites for hydroxylation is 3. The molecule has 0 fully saturated rings. The molecule has 3 aromatic carbocycles. The molecule has 0 saturated heterocycles. The van der Waals surface area contributed by atoms with Gasteiger partial charge in [-0.3, -0.25) is 9.52 Å². The summed E-state index contributed by atoms with van der Waals surface area (Å²) in [5, 5.41) is 2.75. The number of ether oxygens (including phenoxy) is 1. The normalized spacial score (nSPS) is 11.1. The first-order valence-electron chi connectivity index (χ1n) is 10.0. The Balaban J connectivity index is 1.67.